The Kier molecular flexibility index (Phi) is 6.43. The van der Waals surface area contributed by atoms with E-state index in [1.165, 1.54) is 18.1 Å². The van der Waals surface area contributed by atoms with Gasteiger partial charge in [-0.25, -0.2) is 9.98 Å². The second-order valence-corrected chi connectivity index (χ2v) is 10.1. The predicted octanol–water partition coefficient (Wildman–Crippen LogP) is 3.18. The number of aromatic nitrogens is 1. The highest BCUT2D eigenvalue weighted by Gasteiger charge is 2.36. The molecular formula is C24H30N8S. The Morgan fingerprint density at radius 1 is 1.18 bits per heavy atom. The molecule has 2 atom stereocenters. The molecule has 33 heavy (non-hydrogen) atoms. The maximum atomic E-state index is 8.40. The van der Waals surface area contributed by atoms with Crippen molar-refractivity contribution in [1.29, 1.82) is 10.8 Å². The number of nitrogens with zero attached hydrogens (tertiary/aromatic N) is 3. The fourth-order valence-corrected chi connectivity index (χ4v) is 5.59. The van der Waals surface area contributed by atoms with Crippen LogP contribution in [-0.2, 0) is 6.54 Å². The molecule has 0 radical (unpaired) electrons. The fourth-order valence-electron chi connectivity index (χ4n) is 4.72. The van der Waals surface area contributed by atoms with E-state index in [0.717, 1.165) is 74.2 Å². The topological polar surface area (TPSA) is 129 Å². The number of benzene rings is 1. The van der Waals surface area contributed by atoms with Crippen LogP contribution in [0.15, 0.2) is 46.5 Å². The molecule has 172 valence electrons. The first-order valence-electron chi connectivity index (χ1n) is 11.5. The molecule has 3 heterocycles. The number of nitrogens with two attached hydrogens (primary N) is 1. The smallest absolute Gasteiger partial charge is 0.178 e. The van der Waals surface area contributed by atoms with Crippen molar-refractivity contribution in [2.75, 3.05) is 26.2 Å². The van der Waals surface area contributed by atoms with Crippen LogP contribution in [0.4, 0.5) is 5.69 Å². The molecule has 9 heteroatoms. The van der Waals surface area contributed by atoms with Crippen molar-refractivity contribution in [3.63, 3.8) is 0 Å². The fraction of sp³-hybridized carbons (Fsp3) is 0.417. The van der Waals surface area contributed by atoms with Crippen LogP contribution in [0.3, 0.4) is 0 Å². The molecule has 2 aliphatic heterocycles. The zero-order valence-corrected chi connectivity index (χ0v) is 19.4. The van der Waals surface area contributed by atoms with E-state index in [-0.39, 0.29) is 0 Å². The lowest BCUT2D eigenvalue weighted by molar-refractivity contribution is 0.305. The van der Waals surface area contributed by atoms with Crippen molar-refractivity contribution in [2.45, 2.75) is 19.4 Å². The maximum Gasteiger partial charge on any atom is 0.178 e. The second kappa shape index (κ2) is 9.62. The number of fused-ring (bicyclic) bond motifs is 1. The minimum atomic E-state index is 0.347. The Morgan fingerprint density at radius 2 is 1.97 bits per heavy atom. The number of hydrogen-bond donors (Lipinski definition) is 5. The molecule has 1 aromatic heterocycles. The largest absolute Gasteiger partial charge is 0.390 e. The molecule has 1 aromatic carbocycles. The summed E-state index contributed by atoms with van der Waals surface area (Å²) >= 11 is 1.24. The summed E-state index contributed by atoms with van der Waals surface area (Å²) in [6.45, 7) is 5.33. The minimum Gasteiger partial charge on any atom is -0.390 e. The summed E-state index contributed by atoms with van der Waals surface area (Å²) in [6, 6.07) is 9.64. The third kappa shape index (κ3) is 5.10. The van der Waals surface area contributed by atoms with Crippen LogP contribution in [0.5, 0.6) is 0 Å². The van der Waals surface area contributed by atoms with Crippen molar-refractivity contribution >= 4 is 39.7 Å². The monoisotopic (exact) mass is 462 g/mol. The molecule has 0 bridgehead atoms. The van der Waals surface area contributed by atoms with E-state index in [1.807, 2.05) is 30.5 Å². The van der Waals surface area contributed by atoms with Crippen LogP contribution in [0.2, 0.25) is 0 Å². The Balaban J connectivity index is 1.34. The van der Waals surface area contributed by atoms with Crippen LogP contribution < -0.4 is 11.1 Å². The van der Waals surface area contributed by atoms with Gasteiger partial charge in [-0.05, 0) is 61.5 Å². The average molecular weight is 463 g/mol. The zero-order chi connectivity index (χ0) is 22.8. The van der Waals surface area contributed by atoms with Crippen molar-refractivity contribution in [1.82, 2.24) is 15.2 Å². The van der Waals surface area contributed by atoms with Crippen molar-refractivity contribution < 1.29 is 0 Å². The first kappa shape index (κ1) is 22.1. The summed E-state index contributed by atoms with van der Waals surface area (Å²) in [5.41, 5.74) is 9.16. The van der Waals surface area contributed by atoms with E-state index in [1.54, 1.807) is 0 Å². The third-order valence-electron chi connectivity index (χ3n) is 6.62. The van der Waals surface area contributed by atoms with Crippen LogP contribution in [0.25, 0.3) is 0 Å². The first-order valence-corrected chi connectivity index (χ1v) is 12.3. The highest BCUT2D eigenvalue weighted by Crippen LogP contribution is 2.35. The number of rotatable bonds is 6. The molecule has 5 rings (SSSR count). The maximum absolute atomic E-state index is 8.40. The summed E-state index contributed by atoms with van der Waals surface area (Å²) < 4.78 is 0. The molecule has 2 unspecified atom stereocenters. The van der Waals surface area contributed by atoms with Gasteiger partial charge in [0.15, 0.2) is 5.84 Å². The standard InChI is InChI=1S/C24H30N8S/c25-14-30-24(21-17(6-7-29-21)11-32-12-18-9-28-10-19(18)13-32)31-20-3-1-2-16(8-20)23(27)33-22(26)15-4-5-15/h1-3,6-8,14-15,18-19,26-29H,4-5,9-13H2,(H2,25,30,31). The summed E-state index contributed by atoms with van der Waals surface area (Å²) in [4.78, 5) is 15.0. The van der Waals surface area contributed by atoms with Crippen LogP contribution >= 0.6 is 11.8 Å². The molecule has 6 N–H and O–H groups in total. The van der Waals surface area contributed by atoms with Gasteiger partial charge in [-0.1, -0.05) is 23.9 Å². The Labute approximate surface area is 198 Å². The third-order valence-corrected chi connectivity index (χ3v) is 7.61. The van der Waals surface area contributed by atoms with Gasteiger partial charge < -0.3 is 16.0 Å². The number of hydrogen-bond acceptors (Lipinski definition) is 6. The average Bonchev–Trinajstić information content (AvgIpc) is 3.22. The van der Waals surface area contributed by atoms with Crippen LogP contribution in [0.1, 0.15) is 29.7 Å². The quantitative estimate of drug-likeness (QED) is 0.333. The predicted molar refractivity (Wildman–Crippen MR) is 136 cm³/mol. The second-order valence-electron chi connectivity index (χ2n) is 9.08. The lowest BCUT2D eigenvalue weighted by atomic mass is 10.0. The summed E-state index contributed by atoms with van der Waals surface area (Å²) in [5.74, 6) is 2.38. The van der Waals surface area contributed by atoms with Gasteiger partial charge in [0.1, 0.15) is 5.04 Å². The summed E-state index contributed by atoms with van der Waals surface area (Å²) in [7, 11) is 0. The number of H-pyrrole nitrogens is 1. The minimum absolute atomic E-state index is 0.347. The van der Waals surface area contributed by atoms with E-state index >= 15 is 0 Å². The van der Waals surface area contributed by atoms with Gasteiger partial charge in [0.05, 0.1) is 22.8 Å². The SMILES string of the molecule is N=C(SC(=N)C1CC1)c1cccc(N=C(N=CN)c2[nH]ccc2CN2CC3CNCC3C2)c1. The van der Waals surface area contributed by atoms with Gasteiger partial charge in [-0.15, -0.1) is 0 Å². The molecule has 8 nitrogen and oxygen atoms in total. The molecule has 3 aliphatic rings. The molecular weight excluding hydrogens is 432 g/mol. The molecule has 2 aromatic rings. The van der Waals surface area contributed by atoms with E-state index in [9.17, 15) is 0 Å². The van der Waals surface area contributed by atoms with Gasteiger partial charge in [0.25, 0.3) is 0 Å². The molecule has 1 aliphatic carbocycles. The number of amidine groups is 1. The molecule has 0 amide bonds. The van der Waals surface area contributed by atoms with Gasteiger partial charge in [0, 0.05) is 37.3 Å². The Bertz CT molecular complexity index is 1090. The highest BCUT2D eigenvalue weighted by atomic mass is 32.2. The number of thioether (sulfide) groups is 1. The van der Waals surface area contributed by atoms with Gasteiger partial charge >= 0.3 is 0 Å². The molecule has 1 saturated carbocycles. The first-order chi connectivity index (χ1) is 16.1. The number of aliphatic imine (C=N–C) groups is 2. The van der Waals surface area contributed by atoms with Gasteiger partial charge in [-0.3, -0.25) is 15.7 Å². The highest BCUT2D eigenvalue weighted by molar-refractivity contribution is 8.26. The summed E-state index contributed by atoms with van der Waals surface area (Å²) in [5, 5.41) is 21.0. The number of likely N-dealkylation sites (tertiary alicyclic amines) is 1. The van der Waals surface area contributed by atoms with Crippen molar-refractivity contribution in [2.24, 2.45) is 33.5 Å². The lowest BCUT2D eigenvalue weighted by Gasteiger charge is -2.17. The van der Waals surface area contributed by atoms with Gasteiger partial charge in [0.2, 0.25) is 0 Å². The summed E-state index contributed by atoms with van der Waals surface area (Å²) in [6.07, 6.45) is 5.33. The van der Waals surface area contributed by atoms with E-state index in [4.69, 9.17) is 21.5 Å². The van der Waals surface area contributed by atoms with Crippen molar-refractivity contribution in [3.05, 3.63) is 53.3 Å². The van der Waals surface area contributed by atoms with Crippen LogP contribution in [0, 0.1) is 28.6 Å². The molecule has 3 fully saturated rings. The Hall–Kier alpha value is -2.75. The zero-order valence-electron chi connectivity index (χ0n) is 18.6. The lowest BCUT2D eigenvalue weighted by Crippen LogP contribution is -2.26. The Morgan fingerprint density at radius 3 is 2.70 bits per heavy atom. The number of nitrogens with one attached hydrogen (secondary N) is 4. The molecule has 2 saturated heterocycles. The normalized spacial score (nSPS) is 23.3. The van der Waals surface area contributed by atoms with Crippen LogP contribution in [-0.4, -0.2) is 58.3 Å². The van der Waals surface area contributed by atoms with E-state index in [2.05, 4.69) is 26.3 Å². The van der Waals surface area contributed by atoms with Gasteiger partial charge in [-0.2, -0.15) is 0 Å². The van der Waals surface area contributed by atoms with Crippen molar-refractivity contribution in [3.8, 4) is 0 Å². The van der Waals surface area contributed by atoms with E-state index in [0.29, 0.717) is 27.5 Å². The molecule has 0 spiro atoms. The number of aromatic amines is 1. The van der Waals surface area contributed by atoms with E-state index < -0.39 is 0 Å².